The third-order valence-electron chi connectivity index (χ3n) is 6.06. The smallest absolute Gasteiger partial charge is 0.354 e. The molecule has 3 aliphatic rings. The highest BCUT2D eigenvalue weighted by Gasteiger charge is 2.28. The molecule has 8 nitrogen and oxygen atoms in total. The van der Waals surface area contributed by atoms with Crippen molar-refractivity contribution >= 4 is 21.6 Å². The zero-order valence-corrected chi connectivity index (χ0v) is 17.3. The molecule has 5 rings (SSSR count). The Hall–Kier alpha value is -2.39. The minimum atomic E-state index is -3.47. The van der Waals surface area contributed by atoms with E-state index in [9.17, 15) is 9.00 Å². The molecule has 0 bridgehead atoms. The quantitative estimate of drug-likeness (QED) is 0.785. The number of aryl methyl sites for hydroxylation is 3. The van der Waals surface area contributed by atoms with Crippen LogP contribution in [0.2, 0.25) is 0 Å². The molecule has 2 aromatic rings. The third-order valence-corrected chi connectivity index (χ3v) is 7.41. The lowest BCUT2D eigenvalue weighted by molar-refractivity contribution is 0.144. The molecule has 1 aliphatic heterocycles. The van der Waals surface area contributed by atoms with Crippen molar-refractivity contribution in [2.24, 2.45) is 9.50 Å². The summed E-state index contributed by atoms with van der Waals surface area (Å²) in [4.78, 5) is 12.9. The number of hydrogen-bond donors (Lipinski definition) is 2. The zero-order valence-electron chi connectivity index (χ0n) is 16.4. The average Bonchev–Trinajstić information content (AvgIpc) is 3.39. The maximum atomic E-state index is 13.1. The van der Waals surface area contributed by atoms with E-state index in [0.29, 0.717) is 12.4 Å². The third kappa shape index (κ3) is 3.22. The van der Waals surface area contributed by atoms with Gasteiger partial charge in [-0.25, -0.2) is 18.8 Å². The van der Waals surface area contributed by atoms with Gasteiger partial charge in [-0.1, -0.05) is 6.07 Å². The molecule has 3 N–H and O–H groups in total. The standard InChI is InChI=1S/C20H25N5O3S/c1-12-8-9-25-19(28-12)17(11-22-25)29(21,27)24-20(26)23-18-15-6-2-4-13(15)10-14-5-3-7-16(14)18/h10-12H,2-9H2,1H3,(H3,21,23,24,26,27)/t12-,29+/m0/s1. The first-order valence-corrected chi connectivity index (χ1v) is 11.7. The number of ether oxygens (including phenoxy) is 1. The fourth-order valence-corrected chi connectivity index (χ4v) is 5.65. The van der Waals surface area contributed by atoms with Gasteiger partial charge in [0.2, 0.25) is 5.88 Å². The van der Waals surface area contributed by atoms with Gasteiger partial charge < -0.3 is 10.1 Å². The normalized spacial score (nSPS) is 21.5. The number of aromatic nitrogens is 2. The highest BCUT2D eigenvalue weighted by atomic mass is 32.2. The molecule has 2 atom stereocenters. The van der Waals surface area contributed by atoms with Crippen LogP contribution >= 0.6 is 0 Å². The van der Waals surface area contributed by atoms with Crippen molar-refractivity contribution in [1.29, 1.82) is 0 Å². The van der Waals surface area contributed by atoms with E-state index in [2.05, 4.69) is 20.8 Å². The van der Waals surface area contributed by atoms with E-state index in [0.717, 1.165) is 50.6 Å². The summed E-state index contributed by atoms with van der Waals surface area (Å²) in [5.74, 6) is 0.342. The maximum Gasteiger partial charge on any atom is 0.354 e. The van der Waals surface area contributed by atoms with Crippen molar-refractivity contribution in [3.8, 4) is 5.88 Å². The number of nitrogens with two attached hydrogens (primary N) is 1. The van der Waals surface area contributed by atoms with E-state index in [1.165, 1.54) is 28.5 Å². The predicted molar refractivity (Wildman–Crippen MR) is 109 cm³/mol. The van der Waals surface area contributed by atoms with Crippen molar-refractivity contribution in [1.82, 2.24) is 9.78 Å². The summed E-state index contributed by atoms with van der Waals surface area (Å²) in [7, 11) is -3.47. The summed E-state index contributed by atoms with van der Waals surface area (Å²) in [5, 5.41) is 13.1. The van der Waals surface area contributed by atoms with Gasteiger partial charge in [-0.2, -0.15) is 5.10 Å². The van der Waals surface area contributed by atoms with Crippen LogP contribution in [0.15, 0.2) is 21.5 Å². The van der Waals surface area contributed by atoms with Crippen LogP contribution in [0.4, 0.5) is 10.5 Å². The number of fused-ring (bicyclic) bond motifs is 3. The van der Waals surface area contributed by atoms with Gasteiger partial charge in [0.25, 0.3) is 0 Å². The lowest BCUT2D eigenvalue weighted by Gasteiger charge is -2.22. The first-order chi connectivity index (χ1) is 13.9. The van der Waals surface area contributed by atoms with Crippen LogP contribution in [0.3, 0.4) is 0 Å². The highest BCUT2D eigenvalue weighted by molar-refractivity contribution is 7.91. The van der Waals surface area contributed by atoms with E-state index >= 15 is 0 Å². The van der Waals surface area contributed by atoms with E-state index in [-0.39, 0.29) is 11.0 Å². The van der Waals surface area contributed by atoms with E-state index in [1.807, 2.05) is 6.92 Å². The fraction of sp³-hybridized carbons (Fsp3) is 0.500. The van der Waals surface area contributed by atoms with Crippen molar-refractivity contribution in [2.75, 3.05) is 5.32 Å². The number of carbonyl (C=O) groups excluding carboxylic acids is 1. The molecule has 1 aromatic heterocycles. The van der Waals surface area contributed by atoms with Gasteiger partial charge >= 0.3 is 6.03 Å². The Morgan fingerprint density at radius 3 is 2.66 bits per heavy atom. The molecule has 0 unspecified atom stereocenters. The SMILES string of the molecule is C[C@H]1CCn2ncc([S@](N)(=O)=NC(=O)Nc3c4c(cc5c3CCC5)CCC4)c2O1. The number of benzene rings is 1. The molecule has 1 aromatic carbocycles. The monoisotopic (exact) mass is 415 g/mol. The average molecular weight is 416 g/mol. The van der Waals surface area contributed by atoms with Crippen molar-refractivity contribution < 1.29 is 13.7 Å². The van der Waals surface area contributed by atoms with Crippen LogP contribution in [-0.2, 0) is 42.1 Å². The van der Waals surface area contributed by atoms with Crippen LogP contribution in [0, 0.1) is 0 Å². The van der Waals surface area contributed by atoms with Crippen molar-refractivity contribution in [3.63, 3.8) is 0 Å². The molecule has 0 saturated heterocycles. The summed E-state index contributed by atoms with van der Waals surface area (Å²) < 4.78 is 24.3. The largest absolute Gasteiger partial charge is 0.474 e. The van der Waals surface area contributed by atoms with Gasteiger partial charge in [-0.15, -0.1) is 4.36 Å². The molecule has 2 aliphatic carbocycles. The number of nitrogens with zero attached hydrogens (tertiary/aromatic N) is 3. The summed E-state index contributed by atoms with van der Waals surface area (Å²) in [6, 6.07) is 1.61. The lowest BCUT2D eigenvalue weighted by atomic mass is 9.99. The Bertz CT molecular complexity index is 1100. The molecule has 0 fully saturated rings. The van der Waals surface area contributed by atoms with Crippen molar-refractivity contribution in [2.45, 2.75) is 69.4 Å². The zero-order chi connectivity index (χ0) is 20.2. The number of carbonyl (C=O) groups is 1. The van der Waals surface area contributed by atoms with E-state index < -0.39 is 15.9 Å². The molecule has 154 valence electrons. The molecule has 29 heavy (non-hydrogen) atoms. The number of anilines is 1. The predicted octanol–water partition coefficient (Wildman–Crippen LogP) is 2.96. The molecule has 0 radical (unpaired) electrons. The van der Waals surface area contributed by atoms with Gasteiger partial charge in [-0.3, -0.25) is 0 Å². The summed E-state index contributed by atoms with van der Waals surface area (Å²) in [6.07, 6.45) is 8.30. The number of rotatable bonds is 2. The van der Waals surface area contributed by atoms with Gasteiger partial charge in [0.15, 0.2) is 9.92 Å². The van der Waals surface area contributed by atoms with Crippen molar-refractivity contribution in [3.05, 3.63) is 34.5 Å². The Morgan fingerprint density at radius 2 is 1.97 bits per heavy atom. The molecular formula is C20H25N5O3S. The second kappa shape index (κ2) is 6.84. The van der Waals surface area contributed by atoms with Crippen LogP contribution < -0.4 is 15.2 Å². The Kier molecular flexibility index (Phi) is 4.40. The number of nitrogens with one attached hydrogen (secondary N) is 1. The summed E-state index contributed by atoms with van der Waals surface area (Å²) in [6.45, 7) is 2.58. The van der Waals surface area contributed by atoms with Crippen LogP contribution in [-0.4, -0.2) is 26.1 Å². The van der Waals surface area contributed by atoms with E-state index in [4.69, 9.17) is 9.88 Å². The number of urea groups is 1. The second-order valence-corrected chi connectivity index (χ2v) is 9.84. The summed E-state index contributed by atoms with van der Waals surface area (Å²) in [5.41, 5.74) is 5.86. The molecule has 0 spiro atoms. The van der Waals surface area contributed by atoms with Gasteiger partial charge in [0, 0.05) is 18.7 Å². The van der Waals surface area contributed by atoms with Gasteiger partial charge in [0.1, 0.15) is 4.90 Å². The van der Waals surface area contributed by atoms with Crippen LogP contribution in [0.5, 0.6) is 5.88 Å². The van der Waals surface area contributed by atoms with Gasteiger partial charge in [0.05, 0.1) is 12.3 Å². The number of hydrogen-bond acceptors (Lipinski definition) is 4. The van der Waals surface area contributed by atoms with Crippen LogP contribution in [0.25, 0.3) is 0 Å². The topological polar surface area (TPSA) is 112 Å². The molecule has 0 saturated carbocycles. The molecule has 2 heterocycles. The minimum absolute atomic E-state index is 0.0310. The van der Waals surface area contributed by atoms with E-state index in [1.54, 1.807) is 4.68 Å². The Labute approximate surface area is 170 Å². The maximum absolute atomic E-state index is 13.1. The second-order valence-electron chi connectivity index (χ2n) is 8.08. The number of amides is 2. The molecule has 9 heteroatoms. The van der Waals surface area contributed by atoms with Gasteiger partial charge in [-0.05, 0) is 67.7 Å². The Balaban J connectivity index is 1.48. The first kappa shape index (κ1) is 18.6. The lowest BCUT2D eigenvalue weighted by Crippen LogP contribution is -2.25. The summed E-state index contributed by atoms with van der Waals surface area (Å²) >= 11 is 0. The molecule has 2 amide bonds. The molecular weight excluding hydrogens is 390 g/mol. The first-order valence-electron chi connectivity index (χ1n) is 10.2. The van der Waals surface area contributed by atoms with Crippen LogP contribution in [0.1, 0.15) is 48.4 Å². The highest BCUT2D eigenvalue weighted by Crippen LogP contribution is 2.38. The Morgan fingerprint density at radius 1 is 1.28 bits per heavy atom. The fourth-order valence-electron chi connectivity index (χ4n) is 4.66. The minimum Gasteiger partial charge on any atom is -0.474 e.